The van der Waals surface area contributed by atoms with E-state index in [2.05, 4.69) is 30.7 Å². The number of amides is 2. The molecule has 1 aliphatic heterocycles. The van der Waals surface area contributed by atoms with Gasteiger partial charge in [0.1, 0.15) is 23.3 Å². The summed E-state index contributed by atoms with van der Waals surface area (Å²) in [6.45, 7) is 20.7. The van der Waals surface area contributed by atoms with Gasteiger partial charge < -0.3 is 19.1 Å². The van der Waals surface area contributed by atoms with Crippen molar-refractivity contribution in [3.05, 3.63) is 23.5 Å². The molecule has 0 N–H and O–H groups in total. The van der Waals surface area contributed by atoms with E-state index in [1.807, 2.05) is 33.8 Å². The number of pyridine rings is 1. The van der Waals surface area contributed by atoms with E-state index in [4.69, 9.17) is 14.2 Å². The predicted molar refractivity (Wildman–Crippen MR) is 146 cm³/mol. The second-order valence-electron chi connectivity index (χ2n) is 12.8. The molecular weight excluding hydrogens is 488 g/mol. The zero-order chi connectivity index (χ0) is 28.2. The van der Waals surface area contributed by atoms with E-state index in [-0.39, 0.29) is 19.8 Å². The highest BCUT2D eigenvalue weighted by Gasteiger charge is 2.49. The molecule has 2 amide bonds. The summed E-state index contributed by atoms with van der Waals surface area (Å²) in [6, 6.07) is 5.18. The first-order chi connectivity index (χ1) is 16.9. The summed E-state index contributed by atoms with van der Waals surface area (Å²) in [4.78, 5) is 33.1. The van der Waals surface area contributed by atoms with E-state index in [1.54, 1.807) is 27.0 Å². The number of rotatable bonds is 8. The van der Waals surface area contributed by atoms with Gasteiger partial charge in [0.15, 0.2) is 0 Å². The summed E-state index contributed by atoms with van der Waals surface area (Å²) in [6.07, 6.45) is 1.25. The molecule has 0 bridgehead atoms. The highest BCUT2D eigenvalue weighted by Crippen LogP contribution is 2.36. The van der Waals surface area contributed by atoms with Crippen LogP contribution in [0.25, 0.3) is 0 Å². The number of carbonyl (C=O) groups is 2. The van der Waals surface area contributed by atoms with Crippen LogP contribution in [0, 0.1) is 11.3 Å². The van der Waals surface area contributed by atoms with Crippen LogP contribution in [-0.2, 0) is 26.0 Å². The number of hydrogen-bond donors (Lipinski definition) is 0. The van der Waals surface area contributed by atoms with Gasteiger partial charge >= 0.3 is 12.2 Å². The lowest BCUT2D eigenvalue weighted by Gasteiger charge is -2.45. The lowest BCUT2D eigenvalue weighted by molar-refractivity contribution is -0.00104. The quantitative estimate of drug-likeness (QED) is 0.240. The summed E-state index contributed by atoms with van der Waals surface area (Å²) < 4.78 is 17.0. The molecule has 0 unspecified atom stereocenters. The van der Waals surface area contributed by atoms with Crippen molar-refractivity contribution < 1.29 is 23.8 Å². The number of carbonyl (C=O) groups excluding carboxylic acids is 2. The number of nitriles is 1. The molecule has 2 heterocycles. The Morgan fingerprint density at radius 2 is 1.73 bits per heavy atom. The molecule has 1 saturated heterocycles. The van der Waals surface area contributed by atoms with Gasteiger partial charge in [0, 0.05) is 14.7 Å². The van der Waals surface area contributed by atoms with Gasteiger partial charge in [-0.15, -0.1) is 0 Å². The topological polar surface area (TPSA) is 105 Å². The number of aromatic nitrogens is 1. The monoisotopic (exact) mass is 532 g/mol. The second kappa shape index (κ2) is 11.4. The van der Waals surface area contributed by atoms with E-state index in [1.165, 1.54) is 9.80 Å². The highest BCUT2D eigenvalue weighted by molar-refractivity contribution is 6.76. The molecule has 2 rings (SSSR count). The Morgan fingerprint density at radius 1 is 1.14 bits per heavy atom. The highest BCUT2D eigenvalue weighted by atomic mass is 28.3. The van der Waals surface area contributed by atoms with Crippen LogP contribution in [-0.4, -0.2) is 67.8 Å². The number of anilines is 1. The van der Waals surface area contributed by atoms with Crippen LogP contribution in [0.3, 0.4) is 0 Å². The number of likely N-dealkylation sites (tertiary alicyclic amines) is 1. The fraction of sp³-hybridized carbons (Fsp3) is 0.704. The molecule has 1 aliphatic rings. The van der Waals surface area contributed by atoms with E-state index >= 15 is 0 Å². The summed E-state index contributed by atoms with van der Waals surface area (Å²) in [7, 11) is -1.29. The third-order valence-electron chi connectivity index (χ3n) is 5.75. The minimum Gasteiger partial charge on any atom is -0.444 e. The maximum Gasteiger partial charge on any atom is 0.416 e. The summed E-state index contributed by atoms with van der Waals surface area (Å²) >= 11 is 0. The predicted octanol–water partition coefficient (Wildman–Crippen LogP) is 5.71. The number of hydrogen-bond acceptors (Lipinski definition) is 7. The van der Waals surface area contributed by atoms with Gasteiger partial charge in [-0.1, -0.05) is 26.6 Å². The largest absolute Gasteiger partial charge is 0.444 e. The van der Waals surface area contributed by atoms with Crippen LogP contribution in [0.1, 0.15) is 59.7 Å². The van der Waals surface area contributed by atoms with Crippen molar-refractivity contribution >= 4 is 25.9 Å². The van der Waals surface area contributed by atoms with Crippen LogP contribution in [0.2, 0.25) is 25.7 Å². The van der Waals surface area contributed by atoms with Gasteiger partial charge in [-0.3, -0.25) is 9.88 Å². The van der Waals surface area contributed by atoms with Crippen LogP contribution in [0.4, 0.5) is 15.3 Å². The normalized spacial score (nSPS) is 15.4. The van der Waals surface area contributed by atoms with Crippen molar-refractivity contribution in [2.24, 2.45) is 0 Å². The van der Waals surface area contributed by atoms with Gasteiger partial charge in [-0.2, -0.15) is 5.26 Å². The standard InChI is InChI=1S/C27H44N4O5Si/c1-11-20-14-22(27(16-28)17-30(18-27)23(32)35-25(2,3)4)29-15-21(20)31(24(33)36-26(5,6)7)19-34-12-13-37(8,9)10/h14-15H,11-13,17-19H2,1-10H3. The fourth-order valence-corrected chi connectivity index (χ4v) is 4.46. The Morgan fingerprint density at radius 3 is 2.22 bits per heavy atom. The van der Waals surface area contributed by atoms with Crippen molar-refractivity contribution in [1.29, 1.82) is 5.26 Å². The van der Waals surface area contributed by atoms with E-state index in [9.17, 15) is 14.9 Å². The third kappa shape index (κ3) is 8.71. The van der Waals surface area contributed by atoms with Gasteiger partial charge in [0.2, 0.25) is 0 Å². The molecule has 0 aliphatic carbocycles. The van der Waals surface area contributed by atoms with E-state index in [0.717, 1.165) is 11.6 Å². The molecule has 9 nitrogen and oxygen atoms in total. The van der Waals surface area contributed by atoms with Gasteiger partial charge in [-0.05, 0) is 65.6 Å². The van der Waals surface area contributed by atoms with E-state index < -0.39 is 36.9 Å². The van der Waals surface area contributed by atoms with E-state index in [0.29, 0.717) is 24.4 Å². The molecule has 0 spiro atoms. The first-order valence-corrected chi connectivity index (χ1v) is 16.6. The molecule has 0 radical (unpaired) electrons. The van der Waals surface area contributed by atoms with Crippen molar-refractivity contribution in [3.8, 4) is 6.07 Å². The molecule has 0 atom stereocenters. The molecule has 37 heavy (non-hydrogen) atoms. The molecular formula is C27H44N4O5Si. The maximum atomic E-state index is 13.2. The number of aryl methyl sites for hydroxylation is 1. The Hall–Kier alpha value is -2.64. The first-order valence-electron chi connectivity index (χ1n) is 12.9. The third-order valence-corrected chi connectivity index (χ3v) is 7.45. The zero-order valence-corrected chi connectivity index (χ0v) is 25.2. The van der Waals surface area contributed by atoms with Crippen LogP contribution < -0.4 is 4.90 Å². The minimum atomic E-state index is -1.29. The molecule has 0 aromatic carbocycles. The summed E-state index contributed by atoms with van der Waals surface area (Å²) in [5.74, 6) is 0. The second-order valence-corrected chi connectivity index (χ2v) is 18.5. The molecule has 206 valence electrons. The van der Waals surface area contributed by atoms with Crippen LogP contribution >= 0.6 is 0 Å². The minimum absolute atomic E-state index is 0.0449. The number of ether oxygens (including phenoxy) is 3. The molecule has 1 aromatic rings. The summed E-state index contributed by atoms with van der Waals surface area (Å²) in [5, 5.41) is 10.0. The fourth-order valence-electron chi connectivity index (χ4n) is 3.70. The Kier molecular flexibility index (Phi) is 9.42. The number of nitrogens with zero attached hydrogens (tertiary/aromatic N) is 4. The maximum absolute atomic E-state index is 13.2. The lowest BCUT2D eigenvalue weighted by Crippen LogP contribution is -2.61. The van der Waals surface area contributed by atoms with Gasteiger partial charge in [0.25, 0.3) is 0 Å². The summed E-state index contributed by atoms with van der Waals surface area (Å²) in [5.41, 5.74) is -0.210. The molecule has 10 heteroatoms. The van der Waals surface area contributed by atoms with Crippen molar-refractivity contribution in [2.75, 3.05) is 31.3 Å². The molecule has 1 aromatic heterocycles. The zero-order valence-electron chi connectivity index (χ0n) is 24.2. The smallest absolute Gasteiger partial charge is 0.416 e. The Bertz CT molecular complexity index is 1010. The van der Waals surface area contributed by atoms with Crippen molar-refractivity contribution in [3.63, 3.8) is 0 Å². The van der Waals surface area contributed by atoms with Crippen LogP contribution in [0.15, 0.2) is 12.3 Å². The Labute approximate surface area is 223 Å². The SMILES string of the molecule is CCc1cc(C2(C#N)CN(C(=O)OC(C)(C)C)C2)ncc1N(COCC[Si](C)(C)C)C(=O)OC(C)(C)C. The average Bonchev–Trinajstić information content (AvgIpc) is 2.70. The van der Waals surface area contributed by atoms with Crippen molar-refractivity contribution in [2.45, 2.75) is 97.2 Å². The first kappa shape index (κ1) is 30.6. The van der Waals surface area contributed by atoms with Crippen LogP contribution in [0.5, 0.6) is 0 Å². The lowest BCUT2D eigenvalue weighted by atomic mass is 9.77. The average molecular weight is 533 g/mol. The molecule has 1 fully saturated rings. The van der Waals surface area contributed by atoms with Gasteiger partial charge in [-0.25, -0.2) is 9.59 Å². The van der Waals surface area contributed by atoms with Crippen molar-refractivity contribution in [1.82, 2.24) is 9.88 Å². The molecule has 0 saturated carbocycles. The van der Waals surface area contributed by atoms with Gasteiger partial charge in [0.05, 0.1) is 36.7 Å². The Balaban J connectivity index is 2.29.